The van der Waals surface area contributed by atoms with Crippen molar-refractivity contribution in [2.75, 3.05) is 0 Å². The van der Waals surface area contributed by atoms with E-state index in [0.717, 1.165) is 0 Å². The van der Waals surface area contributed by atoms with Crippen LogP contribution in [-0.2, 0) is 15.1 Å². The molecule has 1 fully saturated rings. The van der Waals surface area contributed by atoms with E-state index in [9.17, 15) is 13.2 Å². The summed E-state index contributed by atoms with van der Waals surface area (Å²) in [6, 6.07) is -1.74. The van der Waals surface area contributed by atoms with Crippen molar-refractivity contribution in [3.8, 4) is 0 Å². The Morgan fingerprint density at radius 2 is 2.17 bits per heavy atom. The van der Waals surface area contributed by atoms with Gasteiger partial charge in [0.15, 0.2) is 0 Å². The summed E-state index contributed by atoms with van der Waals surface area (Å²) < 4.78 is 29.8. The van der Waals surface area contributed by atoms with Crippen LogP contribution in [0.5, 0.6) is 0 Å². The molecule has 7 heteroatoms. The van der Waals surface area contributed by atoms with Crippen LogP contribution in [0.15, 0.2) is 12.7 Å². The van der Waals surface area contributed by atoms with Gasteiger partial charge < -0.3 is 5.73 Å². The van der Waals surface area contributed by atoms with E-state index in [1.54, 1.807) is 0 Å². The van der Waals surface area contributed by atoms with Crippen LogP contribution >= 0.6 is 0 Å². The summed E-state index contributed by atoms with van der Waals surface area (Å²) >= 11 is 0. The molecule has 3 N–H and O–H groups in total. The van der Waals surface area contributed by atoms with Crippen LogP contribution in [0.3, 0.4) is 0 Å². The van der Waals surface area contributed by atoms with E-state index in [0.29, 0.717) is 4.31 Å². The molecule has 0 aromatic heterocycles. The predicted molar refractivity (Wildman–Crippen MR) is 40.4 cm³/mol. The molecule has 12 heavy (non-hydrogen) atoms. The lowest BCUT2D eigenvalue weighted by Crippen LogP contribution is -2.69. The molecule has 0 aromatic rings. The zero-order valence-electron chi connectivity index (χ0n) is 6.04. The van der Waals surface area contributed by atoms with Crippen molar-refractivity contribution in [1.82, 2.24) is 4.31 Å². The van der Waals surface area contributed by atoms with Crippen LogP contribution < -0.4 is 5.73 Å². The molecule has 0 spiro atoms. The molecular weight excluding hydrogens is 184 g/mol. The highest BCUT2D eigenvalue weighted by atomic mass is 32.2. The van der Waals surface area contributed by atoms with Crippen molar-refractivity contribution in [3.63, 3.8) is 0 Å². The minimum absolute atomic E-state index is 0.296. The Bertz CT molecular complexity index is 322. The molecule has 0 bridgehead atoms. The van der Waals surface area contributed by atoms with Gasteiger partial charge in [0.2, 0.25) is 0 Å². The highest BCUT2D eigenvalue weighted by molar-refractivity contribution is 7.84. The van der Waals surface area contributed by atoms with Gasteiger partial charge >= 0.3 is 10.3 Å². The van der Waals surface area contributed by atoms with Gasteiger partial charge in [0.1, 0.15) is 6.04 Å². The Kier molecular flexibility index (Phi) is 1.94. The second-order valence-electron chi connectivity index (χ2n) is 2.36. The van der Waals surface area contributed by atoms with Crippen molar-refractivity contribution >= 4 is 16.2 Å². The number of hydrogen-bond donors (Lipinski definition) is 2. The van der Waals surface area contributed by atoms with Crippen LogP contribution in [0, 0.1) is 0 Å². The maximum absolute atomic E-state index is 10.8. The molecule has 6 nitrogen and oxygen atoms in total. The number of carbonyl (C=O) groups excluding carboxylic acids is 1. The van der Waals surface area contributed by atoms with Crippen LogP contribution in [0.2, 0.25) is 0 Å². The number of rotatable bonds is 2. The Hall–Kier alpha value is -0.920. The Morgan fingerprint density at radius 1 is 1.67 bits per heavy atom. The lowest BCUT2D eigenvalue weighted by Gasteiger charge is -2.40. The maximum Gasteiger partial charge on any atom is 0.362 e. The normalized spacial score (nSPS) is 29.8. The zero-order valence-corrected chi connectivity index (χ0v) is 6.86. The van der Waals surface area contributed by atoms with Crippen molar-refractivity contribution < 1.29 is 17.8 Å². The second kappa shape index (κ2) is 2.54. The third-order valence-electron chi connectivity index (χ3n) is 1.63. The summed E-state index contributed by atoms with van der Waals surface area (Å²) in [5.74, 6) is -0.817. The van der Waals surface area contributed by atoms with E-state index < -0.39 is 28.3 Å². The van der Waals surface area contributed by atoms with Gasteiger partial charge in [-0.2, -0.15) is 8.42 Å². The molecule has 1 aliphatic heterocycles. The highest BCUT2D eigenvalue weighted by Crippen LogP contribution is 2.21. The fourth-order valence-electron chi connectivity index (χ4n) is 1.01. The molecule has 2 unspecified atom stereocenters. The maximum atomic E-state index is 10.8. The first-order chi connectivity index (χ1) is 5.39. The first kappa shape index (κ1) is 9.17. The molecule has 0 radical (unpaired) electrons. The second-order valence-corrected chi connectivity index (χ2v) is 3.65. The van der Waals surface area contributed by atoms with Crippen molar-refractivity contribution in [3.05, 3.63) is 12.7 Å². The minimum atomic E-state index is -4.48. The molecule has 0 aliphatic carbocycles. The largest absolute Gasteiger partial charge is 0.362 e. The van der Waals surface area contributed by atoms with Gasteiger partial charge in [-0.3, -0.25) is 9.35 Å². The van der Waals surface area contributed by atoms with E-state index in [2.05, 4.69) is 6.58 Å². The Morgan fingerprint density at radius 3 is 2.42 bits per heavy atom. The monoisotopic (exact) mass is 192 g/mol. The summed E-state index contributed by atoms with van der Waals surface area (Å²) in [5, 5.41) is 0. The number of nitrogens with two attached hydrogens (primary N) is 1. The van der Waals surface area contributed by atoms with Gasteiger partial charge in [0.25, 0.3) is 5.91 Å². The third kappa shape index (κ3) is 1.11. The number of carbonyl (C=O) groups is 1. The molecule has 1 saturated heterocycles. The topological polar surface area (TPSA) is 101 Å². The van der Waals surface area contributed by atoms with Gasteiger partial charge in [-0.25, -0.2) is 4.31 Å². The van der Waals surface area contributed by atoms with E-state index in [-0.39, 0.29) is 0 Å². The summed E-state index contributed by atoms with van der Waals surface area (Å²) in [6.45, 7) is 3.28. The average molecular weight is 192 g/mol. The summed E-state index contributed by atoms with van der Waals surface area (Å²) in [6.07, 6.45) is 1.19. The van der Waals surface area contributed by atoms with Crippen LogP contribution in [0.25, 0.3) is 0 Å². The number of hydrogen-bond acceptors (Lipinski definition) is 4. The summed E-state index contributed by atoms with van der Waals surface area (Å²) in [7, 11) is -4.48. The highest BCUT2D eigenvalue weighted by Gasteiger charge is 2.49. The lowest BCUT2D eigenvalue weighted by atomic mass is 10.0. The van der Waals surface area contributed by atoms with E-state index in [1.165, 1.54) is 6.08 Å². The van der Waals surface area contributed by atoms with Gasteiger partial charge in [0, 0.05) is 0 Å². The fraction of sp³-hybridized carbons (Fsp3) is 0.400. The van der Waals surface area contributed by atoms with Crippen LogP contribution in [-0.4, -0.2) is 35.3 Å². The third-order valence-corrected chi connectivity index (χ3v) is 2.55. The minimum Gasteiger partial charge on any atom is -0.318 e. The first-order valence-electron chi connectivity index (χ1n) is 3.08. The smallest absolute Gasteiger partial charge is 0.318 e. The molecule has 2 atom stereocenters. The quantitative estimate of drug-likeness (QED) is 0.315. The molecule has 1 rings (SSSR count). The van der Waals surface area contributed by atoms with Crippen molar-refractivity contribution in [2.24, 2.45) is 5.73 Å². The molecule has 1 aliphatic rings. The molecule has 1 heterocycles. The lowest BCUT2D eigenvalue weighted by molar-refractivity contribution is -0.138. The average Bonchev–Trinajstić information content (AvgIpc) is 1.95. The Labute approximate surface area is 69.5 Å². The van der Waals surface area contributed by atoms with Crippen LogP contribution in [0.1, 0.15) is 0 Å². The summed E-state index contributed by atoms with van der Waals surface area (Å²) in [4.78, 5) is 10.8. The van der Waals surface area contributed by atoms with Crippen molar-refractivity contribution in [2.45, 2.75) is 12.1 Å². The standard InChI is InChI=1S/C5H8N2O4S/c1-2-3-4(6)5(8)7(3)12(9,10)11/h2-4H,1,6H2,(H,9,10,11). The molecule has 68 valence electrons. The number of amides is 1. The van der Waals surface area contributed by atoms with E-state index in [4.69, 9.17) is 10.3 Å². The van der Waals surface area contributed by atoms with Gasteiger partial charge in [-0.05, 0) is 0 Å². The van der Waals surface area contributed by atoms with E-state index in [1.807, 2.05) is 0 Å². The Balaban J connectivity index is 2.95. The van der Waals surface area contributed by atoms with E-state index >= 15 is 0 Å². The molecular formula is C5H8N2O4S. The van der Waals surface area contributed by atoms with Crippen LogP contribution in [0.4, 0.5) is 0 Å². The number of β-lactam (4-membered cyclic amide) rings is 1. The van der Waals surface area contributed by atoms with Gasteiger partial charge in [0.05, 0.1) is 6.04 Å². The predicted octanol–water partition coefficient (Wildman–Crippen LogP) is -1.49. The summed E-state index contributed by atoms with van der Waals surface area (Å²) in [5.41, 5.74) is 5.23. The van der Waals surface area contributed by atoms with Gasteiger partial charge in [-0.15, -0.1) is 6.58 Å². The van der Waals surface area contributed by atoms with Crippen molar-refractivity contribution in [1.29, 1.82) is 0 Å². The zero-order chi connectivity index (χ0) is 9.52. The molecule has 1 amide bonds. The molecule has 0 aromatic carbocycles. The van der Waals surface area contributed by atoms with Gasteiger partial charge in [-0.1, -0.05) is 6.08 Å². The number of nitrogens with zero attached hydrogens (tertiary/aromatic N) is 1. The molecule has 0 saturated carbocycles. The first-order valence-corrected chi connectivity index (χ1v) is 4.48. The SMILES string of the molecule is C=CC1C(N)C(=O)N1S(=O)(=O)O. The fourth-order valence-corrected chi connectivity index (χ4v) is 1.89.